The van der Waals surface area contributed by atoms with E-state index in [1.54, 1.807) is 19.0 Å². The van der Waals surface area contributed by atoms with Gasteiger partial charge in [-0.25, -0.2) is 8.42 Å². The third kappa shape index (κ3) is 3.40. The molecule has 0 atom stereocenters. The van der Waals surface area contributed by atoms with E-state index in [2.05, 4.69) is 19.6 Å². The average molecular weight is 361 g/mol. The van der Waals surface area contributed by atoms with E-state index in [1.807, 2.05) is 0 Å². The van der Waals surface area contributed by atoms with Gasteiger partial charge in [0.15, 0.2) is 21.3 Å². The number of rotatable bonds is 5. The van der Waals surface area contributed by atoms with Gasteiger partial charge in [-0.3, -0.25) is 0 Å². The highest BCUT2D eigenvalue weighted by Crippen LogP contribution is 2.43. The summed E-state index contributed by atoms with van der Waals surface area (Å²) in [6.45, 7) is 0. The number of hydrogen-bond acceptors (Lipinski definition) is 8. The Balaban J connectivity index is 1.80. The first-order valence-electron chi connectivity index (χ1n) is 6.73. The topological polar surface area (TPSA) is 94.8 Å². The van der Waals surface area contributed by atoms with Crippen molar-refractivity contribution < 1.29 is 31.2 Å². The Kier molecular flexibility index (Phi) is 3.82. The third-order valence-corrected chi connectivity index (χ3v) is 4.52. The summed E-state index contributed by atoms with van der Waals surface area (Å²) in [5.41, 5.74) is 0.0667. The molecule has 1 aromatic carbocycles. The fourth-order valence-electron chi connectivity index (χ4n) is 2.10. The van der Waals surface area contributed by atoms with Crippen LogP contribution in [0.4, 0.5) is 14.7 Å². The summed E-state index contributed by atoms with van der Waals surface area (Å²) in [6, 6.07) is 4.05. The number of sulfone groups is 1. The lowest BCUT2D eigenvalue weighted by atomic mass is 10.2. The lowest BCUT2D eigenvalue weighted by Gasteiger charge is -2.07. The zero-order chi connectivity index (χ0) is 17.5. The first-order valence-corrected chi connectivity index (χ1v) is 8.55. The normalized spacial score (nSPS) is 15.5. The minimum absolute atomic E-state index is 0.0667. The van der Waals surface area contributed by atoms with Crippen LogP contribution in [0.2, 0.25) is 0 Å². The van der Waals surface area contributed by atoms with Crippen LogP contribution in [0.25, 0.3) is 0 Å². The second kappa shape index (κ2) is 5.58. The Morgan fingerprint density at radius 3 is 2.62 bits per heavy atom. The number of aromatic nitrogens is 2. The molecule has 0 radical (unpaired) electrons. The molecule has 0 saturated carbocycles. The molecule has 2 heterocycles. The lowest BCUT2D eigenvalue weighted by Crippen LogP contribution is -2.26. The first-order chi connectivity index (χ1) is 11.2. The molecule has 0 unspecified atom stereocenters. The summed E-state index contributed by atoms with van der Waals surface area (Å²) in [5.74, 6) is -1.40. The molecular formula is C13H13F2N3O5S. The average Bonchev–Trinajstić information content (AvgIpc) is 3.01. The quantitative estimate of drug-likeness (QED) is 0.792. The van der Waals surface area contributed by atoms with Crippen molar-refractivity contribution in [1.29, 1.82) is 0 Å². The largest absolute Gasteiger partial charge is 0.586 e. The summed E-state index contributed by atoms with van der Waals surface area (Å²) in [6.07, 6.45) is -3.81. The summed E-state index contributed by atoms with van der Waals surface area (Å²) >= 11 is 0. The van der Waals surface area contributed by atoms with Crippen LogP contribution < -0.4 is 14.4 Å². The van der Waals surface area contributed by atoms with Crippen LogP contribution in [0.15, 0.2) is 22.7 Å². The van der Waals surface area contributed by atoms with Gasteiger partial charge in [0.2, 0.25) is 5.89 Å². The van der Waals surface area contributed by atoms with Crippen LogP contribution >= 0.6 is 0 Å². The van der Waals surface area contributed by atoms with Crippen molar-refractivity contribution >= 4 is 15.8 Å². The second-order valence-electron chi connectivity index (χ2n) is 5.33. The fraction of sp³-hybridized carbons (Fsp3) is 0.385. The summed E-state index contributed by atoms with van der Waals surface area (Å²) < 4.78 is 64.4. The standard InChI is InChI=1S/C13H13F2N3O5S/c1-18(2)12-16-10(23-17-12)7-24(19,20)6-8-4-3-5-9-11(8)22-13(14,15)21-9/h3-5H,6-7H2,1-2H3. The van der Waals surface area contributed by atoms with E-state index in [0.29, 0.717) is 0 Å². The van der Waals surface area contributed by atoms with Crippen molar-refractivity contribution in [3.05, 3.63) is 29.7 Å². The maximum absolute atomic E-state index is 13.1. The van der Waals surface area contributed by atoms with Gasteiger partial charge in [0.05, 0.1) is 5.75 Å². The van der Waals surface area contributed by atoms with Crippen LogP contribution in [0.3, 0.4) is 0 Å². The number of para-hydroxylation sites is 1. The molecule has 2 aromatic rings. The molecule has 24 heavy (non-hydrogen) atoms. The minimum Gasteiger partial charge on any atom is -0.395 e. The molecule has 0 N–H and O–H groups in total. The number of alkyl halides is 2. The molecule has 3 rings (SSSR count). The van der Waals surface area contributed by atoms with Crippen molar-refractivity contribution in [1.82, 2.24) is 10.1 Å². The van der Waals surface area contributed by atoms with Crippen LogP contribution in [0.1, 0.15) is 11.5 Å². The van der Waals surface area contributed by atoms with Crippen molar-refractivity contribution in [3.63, 3.8) is 0 Å². The maximum atomic E-state index is 13.1. The minimum atomic E-state index is -3.81. The van der Waals surface area contributed by atoms with Gasteiger partial charge in [0.1, 0.15) is 5.75 Å². The van der Waals surface area contributed by atoms with Gasteiger partial charge >= 0.3 is 6.29 Å². The van der Waals surface area contributed by atoms with Crippen molar-refractivity contribution in [2.75, 3.05) is 19.0 Å². The summed E-state index contributed by atoms with van der Waals surface area (Å²) in [5, 5.41) is 3.62. The fourth-order valence-corrected chi connectivity index (χ4v) is 3.40. The van der Waals surface area contributed by atoms with Gasteiger partial charge in [0.25, 0.3) is 5.95 Å². The van der Waals surface area contributed by atoms with E-state index < -0.39 is 27.6 Å². The molecule has 0 fully saturated rings. The Labute approximate surface area is 135 Å². The Bertz CT molecular complexity index is 866. The molecule has 1 aliphatic heterocycles. The number of anilines is 1. The monoisotopic (exact) mass is 361 g/mol. The van der Waals surface area contributed by atoms with Crippen molar-refractivity contribution in [2.24, 2.45) is 0 Å². The molecular weight excluding hydrogens is 348 g/mol. The van der Waals surface area contributed by atoms with Gasteiger partial charge in [-0.15, -0.1) is 8.78 Å². The molecule has 1 aliphatic rings. The van der Waals surface area contributed by atoms with E-state index in [4.69, 9.17) is 4.52 Å². The van der Waals surface area contributed by atoms with E-state index in [1.165, 1.54) is 18.2 Å². The number of halogens is 2. The second-order valence-corrected chi connectivity index (χ2v) is 7.39. The van der Waals surface area contributed by atoms with E-state index in [9.17, 15) is 17.2 Å². The molecule has 11 heteroatoms. The Morgan fingerprint density at radius 2 is 1.96 bits per heavy atom. The van der Waals surface area contributed by atoms with Crippen LogP contribution in [0, 0.1) is 0 Å². The molecule has 1 aromatic heterocycles. The smallest absolute Gasteiger partial charge is 0.395 e. The van der Waals surface area contributed by atoms with Crippen LogP contribution in [-0.4, -0.2) is 38.9 Å². The highest BCUT2D eigenvalue weighted by atomic mass is 32.2. The van der Waals surface area contributed by atoms with Gasteiger partial charge < -0.3 is 18.9 Å². The van der Waals surface area contributed by atoms with Gasteiger partial charge in [-0.05, 0) is 11.2 Å². The molecule has 8 nitrogen and oxygen atoms in total. The van der Waals surface area contributed by atoms with Crippen molar-refractivity contribution in [2.45, 2.75) is 17.8 Å². The Hall–Kier alpha value is -2.43. The van der Waals surface area contributed by atoms with E-state index in [-0.39, 0.29) is 28.9 Å². The summed E-state index contributed by atoms with van der Waals surface area (Å²) in [4.78, 5) is 5.48. The molecule has 130 valence electrons. The van der Waals surface area contributed by atoms with E-state index in [0.717, 1.165) is 0 Å². The number of nitrogens with zero attached hydrogens (tertiary/aromatic N) is 3. The van der Waals surface area contributed by atoms with Gasteiger partial charge in [0, 0.05) is 19.7 Å². The van der Waals surface area contributed by atoms with Crippen LogP contribution in [-0.2, 0) is 21.3 Å². The third-order valence-electron chi connectivity index (χ3n) is 3.09. The number of hydrogen-bond donors (Lipinski definition) is 0. The van der Waals surface area contributed by atoms with Crippen LogP contribution in [0.5, 0.6) is 11.5 Å². The zero-order valence-corrected chi connectivity index (χ0v) is 13.5. The number of benzene rings is 1. The zero-order valence-electron chi connectivity index (χ0n) is 12.7. The molecule has 0 saturated heterocycles. The predicted molar refractivity (Wildman–Crippen MR) is 77.6 cm³/mol. The van der Waals surface area contributed by atoms with Gasteiger partial charge in [-0.2, -0.15) is 4.98 Å². The molecule has 0 amide bonds. The predicted octanol–water partition coefficient (Wildman–Crippen LogP) is 1.57. The molecule has 0 bridgehead atoms. The number of fused-ring (bicyclic) bond motifs is 1. The highest BCUT2D eigenvalue weighted by Gasteiger charge is 2.44. The lowest BCUT2D eigenvalue weighted by molar-refractivity contribution is -0.286. The first kappa shape index (κ1) is 16.4. The van der Waals surface area contributed by atoms with E-state index >= 15 is 0 Å². The maximum Gasteiger partial charge on any atom is 0.586 e. The van der Waals surface area contributed by atoms with Gasteiger partial charge in [-0.1, -0.05) is 12.1 Å². The molecule has 0 aliphatic carbocycles. The Morgan fingerprint density at radius 1 is 1.21 bits per heavy atom. The highest BCUT2D eigenvalue weighted by molar-refractivity contribution is 7.89. The van der Waals surface area contributed by atoms with Crippen molar-refractivity contribution in [3.8, 4) is 11.5 Å². The SMILES string of the molecule is CN(C)c1noc(CS(=O)(=O)Cc2cccc3c2OC(F)(F)O3)n1. The molecule has 0 spiro atoms. The number of ether oxygens (including phenoxy) is 2. The summed E-state index contributed by atoms with van der Waals surface area (Å²) in [7, 11) is -0.405.